The summed E-state index contributed by atoms with van der Waals surface area (Å²) in [6.45, 7) is 0. The first-order valence-electron chi connectivity index (χ1n) is 5.60. The van der Waals surface area contributed by atoms with Crippen molar-refractivity contribution in [2.45, 2.75) is 44.1 Å². The molecule has 2 rings (SSSR count). The highest BCUT2D eigenvalue weighted by molar-refractivity contribution is 7.13. The molecule has 0 unspecified atom stereocenters. The molecular weight excluding hydrogens is 224 g/mol. The van der Waals surface area contributed by atoms with Crippen LogP contribution in [0.15, 0.2) is 11.6 Å². The van der Waals surface area contributed by atoms with E-state index in [4.69, 9.17) is 5.11 Å². The third kappa shape index (κ3) is 2.72. The van der Waals surface area contributed by atoms with Gasteiger partial charge >= 0.3 is 5.97 Å². The Balaban J connectivity index is 2.09. The summed E-state index contributed by atoms with van der Waals surface area (Å²) in [5.41, 5.74) is -0.276. The molecule has 2 N–H and O–H groups in total. The third-order valence-corrected chi connectivity index (χ3v) is 3.79. The largest absolute Gasteiger partial charge is 0.481 e. The van der Waals surface area contributed by atoms with Crippen LogP contribution in [0, 0.1) is 0 Å². The summed E-state index contributed by atoms with van der Waals surface area (Å²) in [6.07, 6.45) is 7.20. The van der Waals surface area contributed by atoms with Gasteiger partial charge in [-0.25, -0.2) is 4.98 Å². The maximum atomic E-state index is 10.9. The fourth-order valence-corrected chi connectivity index (χ4v) is 3.02. The van der Waals surface area contributed by atoms with E-state index >= 15 is 0 Å². The summed E-state index contributed by atoms with van der Waals surface area (Å²) in [5.74, 6) is -0.731. The number of aliphatic carboxylic acids is 1. The number of carbonyl (C=O) groups is 1. The fourth-order valence-electron chi connectivity index (χ4n) is 2.38. The van der Waals surface area contributed by atoms with Crippen LogP contribution in [0.5, 0.6) is 0 Å². The Morgan fingerprint density at radius 3 is 2.81 bits per heavy atom. The summed E-state index contributed by atoms with van der Waals surface area (Å²) >= 11 is 1.53. The first-order chi connectivity index (χ1) is 7.70. The van der Waals surface area contributed by atoms with Gasteiger partial charge < -0.3 is 10.4 Å². The molecule has 88 valence electrons. The van der Waals surface area contributed by atoms with Crippen LogP contribution in [0.2, 0.25) is 0 Å². The van der Waals surface area contributed by atoms with Crippen LogP contribution in [-0.4, -0.2) is 21.6 Å². The highest BCUT2D eigenvalue weighted by Gasteiger charge is 2.34. The lowest BCUT2D eigenvalue weighted by atomic mass is 9.79. The first-order valence-corrected chi connectivity index (χ1v) is 6.48. The zero-order chi connectivity index (χ0) is 11.4. The van der Waals surface area contributed by atoms with Crippen molar-refractivity contribution in [3.63, 3.8) is 0 Å². The molecular formula is C11H16N2O2S. The molecule has 1 aromatic heterocycles. The molecule has 0 aromatic carbocycles. The van der Waals surface area contributed by atoms with Crippen LogP contribution < -0.4 is 5.32 Å². The average molecular weight is 240 g/mol. The molecule has 1 aliphatic carbocycles. The number of hydrogen-bond donors (Lipinski definition) is 2. The van der Waals surface area contributed by atoms with Crippen LogP contribution >= 0.6 is 11.3 Å². The van der Waals surface area contributed by atoms with Gasteiger partial charge in [-0.1, -0.05) is 19.3 Å². The van der Waals surface area contributed by atoms with E-state index in [1.807, 2.05) is 5.38 Å². The third-order valence-electron chi connectivity index (χ3n) is 3.10. The van der Waals surface area contributed by atoms with Gasteiger partial charge in [0, 0.05) is 17.1 Å². The number of carboxylic acid groups (broad SMARTS) is 1. The smallest absolute Gasteiger partial charge is 0.305 e. The Morgan fingerprint density at radius 1 is 1.50 bits per heavy atom. The summed E-state index contributed by atoms with van der Waals surface area (Å²) in [4.78, 5) is 15.1. The highest BCUT2D eigenvalue weighted by atomic mass is 32.1. The number of aromatic nitrogens is 1. The van der Waals surface area contributed by atoms with E-state index in [0.29, 0.717) is 0 Å². The Kier molecular flexibility index (Phi) is 3.43. The van der Waals surface area contributed by atoms with Gasteiger partial charge in [-0.3, -0.25) is 4.79 Å². The minimum atomic E-state index is -0.731. The number of carboxylic acids is 1. The second-order valence-electron chi connectivity index (χ2n) is 4.37. The lowest BCUT2D eigenvalue weighted by Crippen LogP contribution is -2.42. The van der Waals surface area contributed by atoms with Crippen molar-refractivity contribution in [3.05, 3.63) is 11.6 Å². The maximum Gasteiger partial charge on any atom is 0.305 e. The van der Waals surface area contributed by atoms with Crippen molar-refractivity contribution in [1.82, 2.24) is 4.98 Å². The minimum Gasteiger partial charge on any atom is -0.481 e. The SMILES string of the molecule is O=C(O)CC1(Nc2nccs2)CCCCC1. The van der Waals surface area contributed by atoms with Crippen LogP contribution in [0.4, 0.5) is 5.13 Å². The molecule has 0 atom stereocenters. The van der Waals surface area contributed by atoms with Crippen LogP contribution in [0.1, 0.15) is 38.5 Å². The van der Waals surface area contributed by atoms with Crippen LogP contribution in [0.3, 0.4) is 0 Å². The van der Waals surface area contributed by atoms with Crippen LogP contribution in [0.25, 0.3) is 0 Å². The minimum absolute atomic E-state index is 0.187. The van der Waals surface area contributed by atoms with Crippen LogP contribution in [-0.2, 0) is 4.79 Å². The van der Waals surface area contributed by atoms with Gasteiger partial charge in [-0.15, -0.1) is 11.3 Å². The number of nitrogens with zero attached hydrogens (tertiary/aromatic N) is 1. The molecule has 5 heteroatoms. The van der Waals surface area contributed by atoms with Crippen molar-refractivity contribution < 1.29 is 9.90 Å². The fraction of sp³-hybridized carbons (Fsp3) is 0.636. The Morgan fingerprint density at radius 2 is 2.25 bits per heavy atom. The van der Waals surface area contributed by atoms with Gasteiger partial charge in [0.1, 0.15) is 0 Å². The topological polar surface area (TPSA) is 62.2 Å². The standard InChI is InChI=1S/C11H16N2O2S/c14-9(15)8-11(4-2-1-3-5-11)13-10-12-6-7-16-10/h6-7H,1-5,8H2,(H,12,13)(H,14,15). The molecule has 1 aliphatic rings. The molecule has 1 heterocycles. The number of thiazole rings is 1. The molecule has 4 nitrogen and oxygen atoms in total. The van der Waals surface area contributed by atoms with E-state index < -0.39 is 5.97 Å². The van der Waals surface area contributed by atoms with Crippen molar-refractivity contribution in [2.75, 3.05) is 5.32 Å². The van der Waals surface area contributed by atoms with Gasteiger partial charge in [0.25, 0.3) is 0 Å². The summed E-state index contributed by atoms with van der Waals surface area (Å²) in [5, 5.41) is 15.1. The predicted octanol–water partition coefficient (Wildman–Crippen LogP) is 2.73. The van der Waals surface area contributed by atoms with E-state index in [9.17, 15) is 4.79 Å². The second kappa shape index (κ2) is 4.82. The van der Waals surface area contributed by atoms with Gasteiger partial charge in [-0.05, 0) is 12.8 Å². The second-order valence-corrected chi connectivity index (χ2v) is 5.27. The predicted molar refractivity (Wildman–Crippen MR) is 63.8 cm³/mol. The Labute approximate surface area is 98.7 Å². The molecule has 0 radical (unpaired) electrons. The van der Waals surface area contributed by atoms with Gasteiger partial charge in [0.2, 0.25) is 0 Å². The number of hydrogen-bond acceptors (Lipinski definition) is 4. The zero-order valence-corrected chi connectivity index (χ0v) is 9.92. The van der Waals surface area contributed by atoms with E-state index in [2.05, 4.69) is 10.3 Å². The highest BCUT2D eigenvalue weighted by Crippen LogP contribution is 2.34. The normalized spacial score (nSPS) is 19.2. The van der Waals surface area contributed by atoms with Gasteiger partial charge in [0.15, 0.2) is 5.13 Å². The number of nitrogens with one attached hydrogen (secondary N) is 1. The Bertz CT molecular complexity index is 345. The molecule has 1 saturated carbocycles. The molecule has 1 fully saturated rings. The van der Waals surface area contributed by atoms with E-state index in [-0.39, 0.29) is 12.0 Å². The van der Waals surface area contributed by atoms with E-state index in [0.717, 1.165) is 30.8 Å². The van der Waals surface area contributed by atoms with Crippen molar-refractivity contribution in [2.24, 2.45) is 0 Å². The average Bonchev–Trinajstić information content (AvgIpc) is 2.70. The maximum absolute atomic E-state index is 10.9. The Hall–Kier alpha value is -1.10. The van der Waals surface area contributed by atoms with Crippen molar-refractivity contribution >= 4 is 22.4 Å². The molecule has 0 saturated heterocycles. The molecule has 0 amide bonds. The summed E-state index contributed by atoms with van der Waals surface area (Å²) in [7, 11) is 0. The molecule has 0 spiro atoms. The molecule has 0 aliphatic heterocycles. The lowest BCUT2D eigenvalue weighted by molar-refractivity contribution is -0.138. The number of anilines is 1. The first kappa shape index (κ1) is 11.4. The lowest BCUT2D eigenvalue weighted by Gasteiger charge is -2.36. The summed E-state index contributed by atoms with van der Waals surface area (Å²) in [6, 6.07) is 0. The zero-order valence-electron chi connectivity index (χ0n) is 9.11. The van der Waals surface area contributed by atoms with E-state index in [1.54, 1.807) is 6.20 Å². The van der Waals surface area contributed by atoms with Gasteiger partial charge in [-0.2, -0.15) is 0 Å². The van der Waals surface area contributed by atoms with Crippen molar-refractivity contribution in [3.8, 4) is 0 Å². The summed E-state index contributed by atoms with van der Waals surface area (Å²) < 4.78 is 0. The quantitative estimate of drug-likeness (QED) is 0.849. The molecule has 1 aromatic rings. The van der Waals surface area contributed by atoms with Crippen molar-refractivity contribution in [1.29, 1.82) is 0 Å². The number of rotatable bonds is 4. The van der Waals surface area contributed by atoms with E-state index in [1.165, 1.54) is 17.8 Å². The van der Waals surface area contributed by atoms with Gasteiger partial charge in [0.05, 0.1) is 6.42 Å². The molecule has 0 bridgehead atoms. The monoisotopic (exact) mass is 240 g/mol. The molecule has 16 heavy (non-hydrogen) atoms.